The molecule has 0 aliphatic heterocycles. The van der Waals surface area contributed by atoms with Crippen molar-refractivity contribution in [2.75, 3.05) is 7.05 Å². The molecule has 0 atom stereocenters. The van der Waals surface area contributed by atoms with Gasteiger partial charge in [0.05, 0.1) is 5.54 Å². The van der Waals surface area contributed by atoms with Gasteiger partial charge >= 0.3 is 6.09 Å². The first-order valence-electron chi connectivity index (χ1n) is 6.13. The third-order valence-electron chi connectivity index (χ3n) is 2.94. The number of aromatic nitrogens is 1. The van der Waals surface area contributed by atoms with Crippen molar-refractivity contribution in [3.05, 3.63) is 29.0 Å². The van der Waals surface area contributed by atoms with Crippen LogP contribution < -0.4 is 0 Å². The Kier molecular flexibility index (Phi) is 4.46. The average molecular weight is 285 g/mol. The largest absolute Gasteiger partial charge is 0.444 e. The molecule has 0 radical (unpaired) electrons. The number of hydrogen-bond acceptors (Lipinski definition) is 3. The minimum atomic E-state index is -0.533. The highest BCUT2D eigenvalue weighted by Gasteiger charge is 2.32. The highest BCUT2D eigenvalue weighted by Crippen LogP contribution is 2.28. The van der Waals surface area contributed by atoms with Gasteiger partial charge in [0, 0.05) is 13.2 Å². The van der Waals surface area contributed by atoms with E-state index in [1.807, 2.05) is 40.7 Å². The minimum absolute atomic E-state index is 0.370. The summed E-state index contributed by atoms with van der Waals surface area (Å²) < 4.78 is 5.38. The van der Waals surface area contributed by atoms with E-state index < -0.39 is 11.1 Å². The molecule has 19 heavy (non-hydrogen) atoms. The second-order valence-corrected chi connectivity index (χ2v) is 6.35. The van der Waals surface area contributed by atoms with Crippen molar-refractivity contribution in [2.45, 2.75) is 45.8 Å². The summed E-state index contributed by atoms with van der Waals surface area (Å²) in [5.41, 5.74) is -0.146. The summed E-state index contributed by atoms with van der Waals surface area (Å²) in [6, 6.07) is 3.59. The Balaban J connectivity index is 2.96. The number of halogens is 1. The lowest BCUT2D eigenvalue weighted by Crippen LogP contribution is -2.45. The average Bonchev–Trinajstić information content (AvgIpc) is 2.25. The molecule has 0 N–H and O–H groups in total. The SMILES string of the molecule is CN(C(=O)OC(C)(C)C)C(C)(C)c1ccnc(Cl)c1. The summed E-state index contributed by atoms with van der Waals surface area (Å²) in [5.74, 6) is 0. The Bertz CT molecular complexity index is 467. The van der Waals surface area contributed by atoms with E-state index in [-0.39, 0.29) is 6.09 Å². The monoisotopic (exact) mass is 284 g/mol. The van der Waals surface area contributed by atoms with Gasteiger partial charge < -0.3 is 9.64 Å². The summed E-state index contributed by atoms with van der Waals surface area (Å²) in [6.45, 7) is 9.39. The second kappa shape index (κ2) is 5.37. The molecule has 0 fully saturated rings. The molecule has 4 nitrogen and oxygen atoms in total. The van der Waals surface area contributed by atoms with Crippen LogP contribution in [0.5, 0.6) is 0 Å². The van der Waals surface area contributed by atoms with Crippen LogP contribution >= 0.6 is 11.6 Å². The van der Waals surface area contributed by atoms with Crippen molar-refractivity contribution in [2.24, 2.45) is 0 Å². The van der Waals surface area contributed by atoms with E-state index in [0.29, 0.717) is 5.15 Å². The van der Waals surface area contributed by atoms with Crippen LogP contribution in [0.25, 0.3) is 0 Å². The molecule has 1 rings (SSSR count). The normalized spacial score (nSPS) is 12.2. The molecule has 5 heteroatoms. The highest BCUT2D eigenvalue weighted by molar-refractivity contribution is 6.29. The maximum absolute atomic E-state index is 12.1. The number of hydrogen-bond donors (Lipinski definition) is 0. The number of carbonyl (C=O) groups is 1. The van der Waals surface area contributed by atoms with E-state index in [0.717, 1.165) is 5.56 Å². The molecule has 0 saturated carbocycles. The Morgan fingerprint density at radius 2 is 1.89 bits per heavy atom. The summed E-state index contributed by atoms with van der Waals surface area (Å²) in [5, 5.41) is 0.406. The van der Waals surface area contributed by atoms with Gasteiger partial charge in [-0.25, -0.2) is 9.78 Å². The zero-order valence-corrected chi connectivity index (χ0v) is 13.1. The lowest BCUT2D eigenvalue weighted by molar-refractivity contribution is 0.0104. The minimum Gasteiger partial charge on any atom is -0.444 e. The molecule has 0 aliphatic rings. The van der Waals surface area contributed by atoms with E-state index in [1.165, 1.54) is 0 Å². The molecule has 0 bridgehead atoms. The number of nitrogens with zero attached hydrogens (tertiary/aromatic N) is 2. The quantitative estimate of drug-likeness (QED) is 0.775. The predicted octanol–water partition coefficient (Wildman–Crippen LogP) is 3.84. The summed E-state index contributed by atoms with van der Waals surface area (Å²) in [4.78, 5) is 17.6. The number of rotatable bonds is 2. The molecule has 1 aromatic rings. The molecule has 0 spiro atoms. The lowest BCUT2D eigenvalue weighted by Gasteiger charge is -2.37. The molecule has 0 saturated heterocycles. The van der Waals surface area contributed by atoms with Gasteiger partial charge in [-0.1, -0.05) is 11.6 Å². The molecular formula is C14H21ClN2O2. The molecular weight excluding hydrogens is 264 g/mol. The maximum Gasteiger partial charge on any atom is 0.410 e. The molecule has 0 aromatic carbocycles. The first-order valence-corrected chi connectivity index (χ1v) is 6.50. The number of ether oxygens (including phenoxy) is 1. The molecule has 106 valence electrons. The van der Waals surface area contributed by atoms with Crippen LogP contribution in [0.3, 0.4) is 0 Å². The standard InChI is InChI=1S/C14H21ClN2O2/c1-13(2,3)19-12(18)17(6)14(4,5)10-7-8-16-11(15)9-10/h7-9H,1-6H3. The van der Waals surface area contributed by atoms with Gasteiger partial charge in [-0.3, -0.25) is 0 Å². The molecule has 0 unspecified atom stereocenters. The number of carbonyl (C=O) groups excluding carboxylic acids is 1. The van der Waals surface area contributed by atoms with Crippen LogP contribution in [0.15, 0.2) is 18.3 Å². The fourth-order valence-corrected chi connectivity index (χ4v) is 1.71. The van der Waals surface area contributed by atoms with E-state index in [1.54, 1.807) is 24.2 Å². The first-order chi connectivity index (χ1) is 8.54. The van der Waals surface area contributed by atoms with Gasteiger partial charge in [0.1, 0.15) is 10.8 Å². The summed E-state index contributed by atoms with van der Waals surface area (Å²) in [7, 11) is 1.71. The summed E-state index contributed by atoms with van der Waals surface area (Å²) in [6.07, 6.45) is 1.26. The van der Waals surface area contributed by atoms with Crippen LogP contribution in [0.4, 0.5) is 4.79 Å². The third-order valence-corrected chi connectivity index (χ3v) is 3.15. The molecule has 0 aliphatic carbocycles. The van der Waals surface area contributed by atoms with Gasteiger partial charge in [-0.05, 0) is 52.3 Å². The van der Waals surface area contributed by atoms with E-state index in [9.17, 15) is 4.79 Å². The van der Waals surface area contributed by atoms with Crippen LogP contribution in [0.2, 0.25) is 5.15 Å². The van der Waals surface area contributed by atoms with Gasteiger partial charge in [0.2, 0.25) is 0 Å². The first kappa shape index (κ1) is 15.8. The Morgan fingerprint density at radius 3 is 2.37 bits per heavy atom. The van der Waals surface area contributed by atoms with Gasteiger partial charge in [-0.15, -0.1) is 0 Å². The van der Waals surface area contributed by atoms with E-state index in [4.69, 9.17) is 16.3 Å². The smallest absolute Gasteiger partial charge is 0.410 e. The van der Waals surface area contributed by atoms with Crippen LogP contribution in [-0.4, -0.2) is 28.6 Å². The molecule has 1 amide bonds. The van der Waals surface area contributed by atoms with Crippen molar-refractivity contribution in [3.63, 3.8) is 0 Å². The fraction of sp³-hybridized carbons (Fsp3) is 0.571. The molecule has 1 heterocycles. The fourth-order valence-electron chi connectivity index (χ4n) is 1.54. The molecule has 1 aromatic heterocycles. The van der Waals surface area contributed by atoms with Gasteiger partial charge in [0.25, 0.3) is 0 Å². The zero-order chi connectivity index (χ0) is 14.8. The Labute approximate surface area is 119 Å². The Hall–Kier alpha value is -1.29. The van der Waals surface area contributed by atoms with Crippen molar-refractivity contribution in [1.29, 1.82) is 0 Å². The Morgan fingerprint density at radius 1 is 1.32 bits per heavy atom. The predicted molar refractivity (Wildman–Crippen MR) is 76.3 cm³/mol. The zero-order valence-electron chi connectivity index (χ0n) is 12.3. The van der Waals surface area contributed by atoms with Crippen LogP contribution in [0, 0.1) is 0 Å². The van der Waals surface area contributed by atoms with E-state index >= 15 is 0 Å². The van der Waals surface area contributed by atoms with Crippen LogP contribution in [0.1, 0.15) is 40.2 Å². The topological polar surface area (TPSA) is 42.4 Å². The van der Waals surface area contributed by atoms with Crippen LogP contribution in [-0.2, 0) is 10.3 Å². The van der Waals surface area contributed by atoms with Crippen molar-refractivity contribution >= 4 is 17.7 Å². The van der Waals surface area contributed by atoms with Gasteiger partial charge in [-0.2, -0.15) is 0 Å². The van der Waals surface area contributed by atoms with Gasteiger partial charge in [0.15, 0.2) is 0 Å². The number of amides is 1. The van der Waals surface area contributed by atoms with E-state index in [2.05, 4.69) is 4.98 Å². The third kappa shape index (κ3) is 4.10. The number of pyridine rings is 1. The summed E-state index contributed by atoms with van der Waals surface area (Å²) >= 11 is 5.90. The second-order valence-electron chi connectivity index (χ2n) is 5.97. The van der Waals surface area contributed by atoms with Crippen molar-refractivity contribution in [1.82, 2.24) is 9.88 Å². The lowest BCUT2D eigenvalue weighted by atomic mass is 9.94. The van der Waals surface area contributed by atoms with Crippen molar-refractivity contribution in [3.8, 4) is 0 Å². The highest BCUT2D eigenvalue weighted by atomic mass is 35.5. The maximum atomic E-state index is 12.1. The van der Waals surface area contributed by atoms with Crippen molar-refractivity contribution < 1.29 is 9.53 Å².